The maximum atomic E-state index is 14.9. The van der Waals surface area contributed by atoms with Crippen LogP contribution in [0, 0.1) is 18.8 Å². The molecule has 13 heteroatoms. The lowest BCUT2D eigenvalue weighted by Crippen LogP contribution is -2.51. The van der Waals surface area contributed by atoms with Gasteiger partial charge in [0, 0.05) is 43.8 Å². The van der Waals surface area contributed by atoms with E-state index < -0.39 is 23.2 Å². The fraction of sp³-hybridized carbons (Fsp3) is 0.543. The number of ether oxygens (including phenoxy) is 4. The standard InChI is InChI=1S/C46H58Cl3N3O7/c1-29-22-39(48)41(40(49)23-29)57-21-20-56-35-15-11-32(12-16-35)36-18-19-50(43(54)58-45(2,3)4)28-37(36)42(53)52(34-13-14-34)27-33-24-31(10-17-38(33)47)26-51(25-30-8-9-30)44(55)59-46(5,6)7/h10-12,15-17,22-24,30,34,36-37H,8-9,13-14,18-21,25-28H2,1-7H3/t36-,37+/m1/s1. The Morgan fingerprint density at radius 3 is 2.02 bits per heavy atom. The highest BCUT2D eigenvalue weighted by molar-refractivity contribution is 6.37. The van der Waals surface area contributed by atoms with E-state index in [9.17, 15) is 14.4 Å². The molecule has 0 spiro atoms. The first-order chi connectivity index (χ1) is 27.8. The molecule has 0 N–H and O–H groups in total. The van der Waals surface area contributed by atoms with Crippen LogP contribution in [0.2, 0.25) is 15.1 Å². The summed E-state index contributed by atoms with van der Waals surface area (Å²) < 4.78 is 23.3. The summed E-state index contributed by atoms with van der Waals surface area (Å²) in [5.41, 5.74) is 2.39. The lowest BCUT2D eigenvalue weighted by Gasteiger charge is -2.40. The molecule has 6 rings (SSSR count). The summed E-state index contributed by atoms with van der Waals surface area (Å²) in [5.74, 6) is 0.858. The summed E-state index contributed by atoms with van der Waals surface area (Å²) in [4.78, 5) is 47.0. The molecule has 3 amide bonds. The van der Waals surface area contributed by atoms with Gasteiger partial charge in [0.05, 0.1) is 16.0 Å². The number of hydrogen-bond donors (Lipinski definition) is 0. The van der Waals surface area contributed by atoms with Gasteiger partial charge in [-0.05, 0) is 145 Å². The third-order valence-electron chi connectivity index (χ3n) is 10.6. The molecule has 320 valence electrons. The van der Waals surface area contributed by atoms with Crippen LogP contribution in [0.25, 0.3) is 0 Å². The zero-order chi connectivity index (χ0) is 42.6. The molecule has 0 bridgehead atoms. The Balaban J connectivity index is 1.18. The zero-order valence-corrected chi connectivity index (χ0v) is 37.6. The van der Waals surface area contributed by atoms with Crippen molar-refractivity contribution in [1.29, 1.82) is 0 Å². The molecular formula is C46H58Cl3N3O7. The van der Waals surface area contributed by atoms with Crippen molar-refractivity contribution in [2.75, 3.05) is 32.8 Å². The Bertz CT molecular complexity index is 1950. The van der Waals surface area contributed by atoms with Crippen LogP contribution in [0.1, 0.15) is 102 Å². The Morgan fingerprint density at radius 2 is 1.41 bits per heavy atom. The van der Waals surface area contributed by atoms with Crippen molar-refractivity contribution in [2.24, 2.45) is 11.8 Å². The highest BCUT2D eigenvalue weighted by atomic mass is 35.5. The molecule has 0 unspecified atom stereocenters. The Labute approximate surface area is 364 Å². The molecule has 2 atom stereocenters. The van der Waals surface area contributed by atoms with Gasteiger partial charge in [-0.3, -0.25) is 4.79 Å². The number of piperidine rings is 1. The van der Waals surface area contributed by atoms with Crippen LogP contribution in [-0.4, -0.2) is 82.9 Å². The van der Waals surface area contributed by atoms with Gasteiger partial charge in [-0.1, -0.05) is 59.1 Å². The number of nitrogens with zero attached hydrogens (tertiary/aromatic N) is 3. The third kappa shape index (κ3) is 12.8. The second-order valence-electron chi connectivity index (χ2n) is 18.2. The molecule has 59 heavy (non-hydrogen) atoms. The van der Waals surface area contributed by atoms with E-state index in [-0.39, 0.29) is 43.7 Å². The number of carbonyl (C=O) groups excluding carboxylic acids is 3. The van der Waals surface area contributed by atoms with Crippen molar-refractivity contribution in [1.82, 2.24) is 14.7 Å². The first-order valence-corrected chi connectivity index (χ1v) is 21.8. The fourth-order valence-electron chi connectivity index (χ4n) is 7.41. The minimum Gasteiger partial charge on any atom is -0.490 e. The molecule has 0 aromatic heterocycles. The van der Waals surface area contributed by atoms with E-state index in [4.69, 9.17) is 53.8 Å². The zero-order valence-electron chi connectivity index (χ0n) is 35.3. The predicted octanol–water partition coefficient (Wildman–Crippen LogP) is 11.1. The van der Waals surface area contributed by atoms with Crippen LogP contribution in [0.3, 0.4) is 0 Å². The van der Waals surface area contributed by atoms with Crippen molar-refractivity contribution in [3.05, 3.63) is 91.9 Å². The van der Waals surface area contributed by atoms with Gasteiger partial charge in [0.15, 0.2) is 5.75 Å². The summed E-state index contributed by atoms with van der Waals surface area (Å²) in [5, 5.41) is 1.45. The minimum absolute atomic E-state index is 0.0257. The van der Waals surface area contributed by atoms with Crippen LogP contribution in [-0.2, 0) is 27.4 Å². The summed E-state index contributed by atoms with van der Waals surface area (Å²) in [6.07, 6.45) is 3.80. The molecule has 2 saturated carbocycles. The molecule has 1 heterocycles. The van der Waals surface area contributed by atoms with Gasteiger partial charge in [0.25, 0.3) is 0 Å². The van der Waals surface area contributed by atoms with Crippen molar-refractivity contribution in [2.45, 2.75) is 117 Å². The normalized spacial score (nSPS) is 18.2. The Morgan fingerprint density at radius 1 is 0.763 bits per heavy atom. The average molecular weight is 871 g/mol. The molecule has 3 fully saturated rings. The van der Waals surface area contributed by atoms with E-state index in [1.54, 1.807) is 21.9 Å². The first-order valence-electron chi connectivity index (χ1n) is 20.7. The van der Waals surface area contributed by atoms with Crippen LogP contribution in [0.5, 0.6) is 11.5 Å². The van der Waals surface area contributed by atoms with E-state index >= 15 is 0 Å². The van der Waals surface area contributed by atoms with Gasteiger partial charge in [-0.25, -0.2) is 9.59 Å². The molecule has 1 aliphatic heterocycles. The van der Waals surface area contributed by atoms with Crippen molar-refractivity contribution in [3.63, 3.8) is 0 Å². The van der Waals surface area contributed by atoms with Crippen molar-refractivity contribution >= 4 is 52.9 Å². The average Bonchev–Trinajstić information content (AvgIpc) is 4.09. The number of rotatable bonds is 14. The largest absolute Gasteiger partial charge is 0.490 e. The molecule has 1 saturated heterocycles. The number of likely N-dealkylation sites (tertiary alicyclic amines) is 1. The highest BCUT2D eigenvalue weighted by Gasteiger charge is 2.43. The second-order valence-corrected chi connectivity index (χ2v) is 19.4. The molecule has 0 radical (unpaired) electrons. The molecule has 2 aliphatic carbocycles. The lowest BCUT2D eigenvalue weighted by atomic mass is 9.79. The summed E-state index contributed by atoms with van der Waals surface area (Å²) in [7, 11) is 0. The van der Waals surface area contributed by atoms with Gasteiger partial charge >= 0.3 is 12.2 Å². The van der Waals surface area contributed by atoms with Crippen LogP contribution < -0.4 is 9.47 Å². The number of amides is 3. The number of benzene rings is 3. The third-order valence-corrected chi connectivity index (χ3v) is 11.5. The number of hydrogen-bond acceptors (Lipinski definition) is 7. The summed E-state index contributed by atoms with van der Waals surface area (Å²) in [6.45, 7) is 15.6. The van der Waals surface area contributed by atoms with E-state index in [2.05, 4.69) is 0 Å². The maximum Gasteiger partial charge on any atom is 0.410 e. The van der Waals surface area contributed by atoms with E-state index in [1.165, 1.54) is 0 Å². The van der Waals surface area contributed by atoms with Crippen LogP contribution >= 0.6 is 34.8 Å². The van der Waals surface area contributed by atoms with Gasteiger partial charge < -0.3 is 33.6 Å². The van der Waals surface area contributed by atoms with E-state index in [1.807, 2.05) is 95.8 Å². The Kier molecular flexibility index (Phi) is 14.3. The molecule has 3 aliphatic rings. The van der Waals surface area contributed by atoms with Gasteiger partial charge in [-0.2, -0.15) is 0 Å². The topological polar surface area (TPSA) is 97.8 Å². The van der Waals surface area contributed by atoms with E-state index in [0.29, 0.717) is 65.1 Å². The number of carbonyl (C=O) groups is 3. The summed E-state index contributed by atoms with van der Waals surface area (Å²) in [6, 6.07) is 17.3. The molecule has 10 nitrogen and oxygen atoms in total. The highest BCUT2D eigenvalue weighted by Crippen LogP contribution is 2.40. The van der Waals surface area contributed by atoms with Crippen LogP contribution in [0.15, 0.2) is 54.6 Å². The molecule has 3 aromatic rings. The molecular weight excluding hydrogens is 813 g/mol. The van der Waals surface area contributed by atoms with Crippen LogP contribution in [0.4, 0.5) is 9.59 Å². The van der Waals surface area contributed by atoms with Crippen molar-refractivity contribution < 1.29 is 33.3 Å². The van der Waals surface area contributed by atoms with Crippen molar-refractivity contribution in [3.8, 4) is 11.5 Å². The van der Waals surface area contributed by atoms with Gasteiger partial charge in [-0.15, -0.1) is 0 Å². The lowest BCUT2D eigenvalue weighted by molar-refractivity contribution is -0.139. The predicted molar refractivity (Wildman–Crippen MR) is 232 cm³/mol. The van der Waals surface area contributed by atoms with Gasteiger partial charge in [0.1, 0.15) is 30.2 Å². The quantitative estimate of drug-likeness (QED) is 0.149. The fourth-order valence-corrected chi connectivity index (χ4v) is 8.30. The SMILES string of the molecule is Cc1cc(Cl)c(OCCOc2ccc([C@H]3CCN(C(=O)OC(C)(C)C)C[C@@H]3C(=O)N(Cc3cc(CN(CC4CC4)C(=O)OC(C)(C)C)ccc3Cl)C3CC3)cc2)c(Cl)c1. The minimum atomic E-state index is -0.674. The monoisotopic (exact) mass is 869 g/mol. The smallest absolute Gasteiger partial charge is 0.410 e. The Hall–Kier alpha value is -3.86. The second kappa shape index (κ2) is 18.8. The number of halogens is 3. The number of aryl methyl sites for hydroxylation is 1. The van der Waals surface area contributed by atoms with E-state index in [0.717, 1.165) is 47.9 Å². The van der Waals surface area contributed by atoms with Gasteiger partial charge in [0.2, 0.25) is 5.91 Å². The molecule has 3 aromatic carbocycles. The summed E-state index contributed by atoms with van der Waals surface area (Å²) >= 11 is 19.5. The first kappa shape index (κ1) is 44.7. The maximum absolute atomic E-state index is 14.9.